The molecule has 4 nitrogen and oxygen atoms in total. The first-order valence-corrected chi connectivity index (χ1v) is 9.53. The molecule has 1 aliphatic heterocycles. The standard InChI is InChI=1S/C22H23F2NO3/c23-18-6-15(7-19(24)21(18)27)20(26)13-25-11-16-9-22(28,10-17(16)12-25)8-14-4-2-1-3-5-14/h1-7,16-17,27-28H,8-13H2/t16-,17+,22+. The maximum absolute atomic E-state index is 13.5. The SMILES string of the molecule is O=C(CN1C[C@@H]2C[C@](O)(Cc3ccccc3)C[C@@H]2C1)c1cc(F)c(O)c(F)c1. The van der Waals surface area contributed by atoms with E-state index in [0.717, 1.165) is 17.7 Å². The van der Waals surface area contributed by atoms with Gasteiger partial charge in [0.1, 0.15) is 0 Å². The van der Waals surface area contributed by atoms with Crippen LogP contribution in [0.2, 0.25) is 0 Å². The van der Waals surface area contributed by atoms with Gasteiger partial charge in [-0.1, -0.05) is 30.3 Å². The fourth-order valence-electron chi connectivity index (χ4n) is 4.83. The van der Waals surface area contributed by atoms with Crippen LogP contribution in [0.25, 0.3) is 0 Å². The summed E-state index contributed by atoms with van der Waals surface area (Å²) < 4.78 is 27.0. The van der Waals surface area contributed by atoms with Crippen LogP contribution in [0.1, 0.15) is 28.8 Å². The minimum Gasteiger partial charge on any atom is -0.503 e. The number of carbonyl (C=O) groups is 1. The number of halogens is 2. The van der Waals surface area contributed by atoms with Crippen molar-refractivity contribution in [3.8, 4) is 5.75 Å². The normalized spacial score (nSPS) is 27.1. The van der Waals surface area contributed by atoms with Crippen molar-refractivity contribution in [3.63, 3.8) is 0 Å². The molecule has 1 heterocycles. The van der Waals surface area contributed by atoms with Crippen molar-refractivity contribution in [3.05, 3.63) is 65.2 Å². The van der Waals surface area contributed by atoms with Gasteiger partial charge in [0.25, 0.3) is 0 Å². The number of aliphatic hydroxyl groups is 1. The largest absolute Gasteiger partial charge is 0.503 e. The number of hydrogen-bond donors (Lipinski definition) is 2. The summed E-state index contributed by atoms with van der Waals surface area (Å²) in [6.45, 7) is 1.46. The maximum atomic E-state index is 13.5. The van der Waals surface area contributed by atoms with E-state index in [1.54, 1.807) is 0 Å². The predicted molar refractivity (Wildman–Crippen MR) is 100 cm³/mol. The summed E-state index contributed by atoms with van der Waals surface area (Å²) in [7, 11) is 0. The zero-order chi connectivity index (χ0) is 19.9. The van der Waals surface area contributed by atoms with Gasteiger partial charge in [-0.15, -0.1) is 0 Å². The van der Waals surface area contributed by atoms with Gasteiger partial charge < -0.3 is 10.2 Å². The van der Waals surface area contributed by atoms with Crippen LogP contribution in [-0.4, -0.2) is 46.1 Å². The van der Waals surface area contributed by atoms with E-state index in [-0.39, 0.29) is 17.9 Å². The van der Waals surface area contributed by atoms with Gasteiger partial charge in [0.05, 0.1) is 12.1 Å². The number of benzene rings is 2. The molecule has 6 heteroatoms. The van der Waals surface area contributed by atoms with Crippen LogP contribution >= 0.6 is 0 Å². The van der Waals surface area contributed by atoms with E-state index >= 15 is 0 Å². The molecule has 0 amide bonds. The number of aromatic hydroxyl groups is 1. The molecule has 2 aliphatic rings. The number of fused-ring (bicyclic) bond motifs is 1. The highest BCUT2D eigenvalue weighted by molar-refractivity contribution is 5.97. The monoisotopic (exact) mass is 387 g/mol. The van der Waals surface area contributed by atoms with Gasteiger partial charge in [-0.25, -0.2) is 8.78 Å². The second-order valence-electron chi connectivity index (χ2n) is 8.22. The average Bonchev–Trinajstić information content (AvgIpc) is 3.13. The van der Waals surface area contributed by atoms with Crippen molar-refractivity contribution < 1.29 is 23.8 Å². The predicted octanol–water partition coefficient (Wildman–Crippen LogP) is 3.17. The number of phenols is 1. The molecule has 1 aliphatic carbocycles. The highest BCUT2D eigenvalue weighted by atomic mass is 19.1. The topological polar surface area (TPSA) is 60.8 Å². The lowest BCUT2D eigenvalue weighted by atomic mass is 9.91. The zero-order valence-electron chi connectivity index (χ0n) is 15.4. The minimum absolute atomic E-state index is 0.0772. The van der Waals surface area contributed by atoms with Gasteiger partial charge in [0.15, 0.2) is 23.2 Å². The van der Waals surface area contributed by atoms with E-state index in [0.29, 0.717) is 44.2 Å². The van der Waals surface area contributed by atoms with Crippen LogP contribution in [0.15, 0.2) is 42.5 Å². The Morgan fingerprint density at radius 2 is 1.64 bits per heavy atom. The van der Waals surface area contributed by atoms with Gasteiger partial charge in [-0.05, 0) is 42.4 Å². The summed E-state index contributed by atoms with van der Waals surface area (Å²) in [5.41, 5.74) is 0.328. The summed E-state index contributed by atoms with van der Waals surface area (Å²) in [5, 5.41) is 20.2. The molecule has 0 bridgehead atoms. The van der Waals surface area contributed by atoms with Gasteiger partial charge in [0.2, 0.25) is 0 Å². The minimum atomic E-state index is -1.13. The maximum Gasteiger partial charge on any atom is 0.187 e. The molecule has 28 heavy (non-hydrogen) atoms. The molecule has 1 saturated carbocycles. The van der Waals surface area contributed by atoms with Crippen molar-refractivity contribution in [2.75, 3.05) is 19.6 Å². The Morgan fingerprint density at radius 1 is 1.07 bits per heavy atom. The van der Waals surface area contributed by atoms with Gasteiger partial charge >= 0.3 is 0 Å². The van der Waals surface area contributed by atoms with Gasteiger partial charge in [-0.2, -0.15) is 0 Å². The smallest absolute Gasteiger partial charge is 0.187 e. The second-order valence-corrected chi connectivity index (χ2v) is 8.22. The molecule has 2 N–H and O–H groups in total. The third-order valence-corrected chi connectivity index (χ3v) is 6.02. The number of likely N-dealkylation sites (tertiary alicyclic amines) is 1. The lowest BCUT2D eigenvalue weighted by Gasteiger charge is -2.26. The van der Waals surface area contributed by atoms with Crippen molar-refractivity contribution in [1.29, 1.82) is 0 Å². The summed E-state index contributed by atoms with van der Waals surface area (Å²) in [4.78, 5) is 14.4. The van der Waals surface area contributed by atoms with Crippen LogP contribution in [0, 0.1) is 23.5 Å². The fourth-order valence-corrected chi connectivity index (χ4v) is 4.83. The van der Waals surface area contributed by atoms with Crippen LogP contribution in [0.3, 0.4) is 0 Å². The fraction of sp³-hybridized carbons (Fsp3) is 0.409. The number of ketones is 1. The Kier molecular flexibility index (Phi) is 4.93. The van der Waals surface area contributed by atoms with E-state index in [9.17, 15) is 18.7 Å². The Hall–Kier alpha value is -2.31. The van der Waals surface area contributed by atoms with Crippen LogP contribution in [0.5, 0.6) is 5.75 Å². The molecule has 2 aromatic carbocycles. The Morgan fingerprint density at radius 3 is 2.21 bits per heavy atom. The summed E-state index contributed by atoms with van der Waals surface area (Å²) in [5.74, 6) is -3.08. The van der Waals surface area contributed by atoms with Crippen molar-refractivity contribution in [1.82, 2.24) is 4.90 Å². The molecular formula is C22H23F2NO3. The van der Waals surface area contributed by atoms with Gasteiger partial charge in [0, 0.05) is 25.1 Å². The molecule has 1 saturated heterocycles. The second kappa shape index (κ2) is 7.26. The summed E-state index contributed by atoms with van der Waals surface area (Å²) >= 11 is 0. The number of rotatable bonds is 5. The first-order chi connectivity index (χ1) is 13.3. The lowest BCUT2D eigenvalue weighted by molar-refractivity contribution is 0.0355. The highest BCUT2D eigenvalue weighted by Crippen LogP contribution is 2.45. The highest BCUT2D eigenvalue weighted by Gasteiger charge is 2.48. The van der Waals surface area contributed by atoms with Crippen LogP contribution < -0.4 is 0 Å². The van der Waals surface area contributed by atoms with Crippen molar-refractivity contribution in [2.45, 2.75) is 24.9 Å². The Balaban J connectivity index is 1.36. The molecular weight excluding hydrogens is 364 g/mol. The molecule has 2 aromatic rings. The molecule has 0 radical (unpaired) electrons. The molecule has 3 atom stereocenters. The van der Waals surface area contributed by atoms with Gasteiger partial charge in [-0.3, -0.25) is 9.69 Å². The quantitative estimate of drug-likeness (QED) is 0.774. The number of nitrogens with zero attached hydrogens (tertiary/aromatic N) is 1. The van der Waals surface area contributed by atoms with E-state index in [1.807, 2.05) is 35.2 Å². The molecule has 4 rings (SSSR count). The van der Waals surface area contributed by atoms with Crippen LogP contribution in [0.4, 0.5) is 8.78 Å². The number of carbonyl (C=O) groups excluding carboxylic acids is 1. The first-order valence-electron chi connectivity index (χ1n) is 9.53. The van der Waals surface area contributed by atoms with E-state index in [2.05, 4.69) is 0 Å². The number of hydrogen-bond acceptors (Lipinski definition) is 4. The molecule has 0 unspecified atom stereocenters. The van der Waals surface area contributed by atoms with Crippen molar-refractivity contribution in [2.24, 2.45) is 11.8 Å². The Bertz CT molecular complexity index is 850. The van der Waals surface area contributed by atoms with Crippen molar-refractivity contribution >= 4 is 5.78 Å². The average molecular weight is 387 g/mol. The summed E-state index contributed by atoms with van der Waals surface area (Å²) in [6, 6.07) is 11.7. The third-order valence-electron chi connectivity index (χ3n) is 6.02. The van der Waals surface area contributed by atoms with E-state index < -0.39 is 23.0 Å². The number of phenolic OH excluding ortho intramolecular Hbond substituents is 1. The van der Waals surface area contributed by atoms with Crippen LogP contribution in [-0.2, 0) is 6.42 Å². The molecule has 2 fully saturated rings. The summed E-state index contributed by atoms with van der Waals surface area (Å²) in [6.07, 6.45) is 2.02. The van der Waals surface area contributed by atoms with E-state index in [4.69, 9.17) is 5.11 Å². The first kappa shape index (κ1) is 19.0. The molecule has 0 aromatic heterocycles. The zero-order valence-corrected chi connectivity index (χ0v) is 15.4. The van der Waals surface area contributed by atoms with E-state index in [1.165, 1.54) is 0 Å². The molecule has 0 spiro atoms. The molecule has 148 valence electrons. The number of Topliss-reactive ketones (excluding diaryl/α,β-unsaturated/α-hetero) is 1. The Labute approximate surface area is 162 Å². The lowest BCUT2D eigenvalue weighted by Crippen LogP contribution is -2.34. The third kappa shape index (κ3) is 3.80.